The zero-order valence-electron chi connectivity index (χ0n) is 9.19. The van der Waals surface area contributed by atoms with Crippen LogP contribution in [0.25, 0.3) is 11.1 Å². The van der Waals surface area contributed by atoms with Crippen LogP contribution in [0.2, 0.25) is 0 Å². The molecule has 2 rings (SSSR count). The van der Waals surface area contributed by atoms with Gasteiger partial charge in [0, 0.05) is 16.7 Å². The van der Waals surface area contributed by atoms with Crippen LogP contribution in [0.4, 0.5) is 0 Å². The standard InChI is InChI=1S/C14H8Cl2O2/c15-13(17)10-7-4-8-11(14(16)18)12(10)9-5-2-1-3-6-9/h1-8H. The molecule has 0 unspecified atom stereocenters. The number of halogens is 2. The third-order valence-electron chi connectivity index (χ3n) is 2.55. The first-order valence-electron chi connectivity index (χ1n) is 5.19. The number of hydrogen-bond donors (Lipinski definition) is 0. The van der Waals surface area contributed by atoms with Gasteiger partial charge in [-0.25, -0.2) is 0 Å². The fourth-order valence-corrected chi connectivity index (χ4v) is 2.11. The predicted octanol–water partition coefficient (Wildman–Crippen LogP) is 4.11. The molecule has 4 heteroatoms. The van der Waals surface area contributed by atoms with Crippen molar-refractivity contribution in [3.8, 4) is 11.1 Å². The minimum atomic E-state index is -0.617. The summed E-state index contributed by atoms with van der Waals surface area (Å²) in [5, 5.41) is -1.23. The van der Waals surface area contributed by atoms with Gasteiger partial charge in [0.15, 0.2) is 0 Å². The van der Waals surface area contributed by atoms with Crippen LogP contribution in [0, 0.1) is 0 Å². The van der Waals surface area contributed by atoms with Crippen LogP contribution in [-0.4, -0.2) is 10.5 Å². The number of hydrogen-bond acceptors (Lipinski definition) is 2. The first-order valence-corrected chi connectivity index (χ1v) is 5.95. The molecule has 0 aliphatic carbocycles. The highest BCUT2D eigenvalue weighted by Crippen LogP contribution is 2.29. The number of carbonyl (C=O) groups excluding carboxylic acids is 2. The summed E-state index contributed by atoms with van der Waals surface area (Å²) < 4.78 is 0. The average Bonchev–Trinajstić information content (AvgIpc) is 2.38. The van der Waals surface area contributed by atoms with E-state index in [4.69, 9.17) is 23.2 Å². The van der Waals surface area contributed by atoms with Gasteiger partial charge in [-0.05, 0) is 40.9 Å². The van der Waals surface area contributed by atoms with Crippen molar-refractivity contribution in [1.29, 1.82) is 0 Å². The molecule has 0 N–H and O–H groups in total. The van der Waals surface area contributed by atoms with Crippen molar-refractivity contribution in [2.24, 2.45) is 0 Å². The van der Waals surface area contributed by atoms with E-state index in [-0.39, 0.29) is 11.1 Å². The van der Waals surface area contributed by atoms with Gasteiger partial charge in [0.05, 0.1) is 0 Å². The summed E-state index contributed by atoms with van der Waals surface area (Å²) in [6.07, 6.45) is 0. The monoisotopic (exact) mass is 278 g/mol. The number of carbonyl (C=O) groups is 2. The SMILES string of the molecule is O=C(Cl)c1cccc(C(=O)Cl)c1-c1ccccc1. The molecule has 0 aliphatic heterocycles. The Kier molecular flexibility index (Phi) is 3.80. The summed E-state index contributed by atoms with van der Waals surface area (Å²) >= 11 is 11.1. The molecule has 18 heavy (non-hydrogen) atoms. The van der Waals surface area contributed by atoms with Crippen LogP contribution in [0.5, 0.6) is 0 Å². The molecule has 0 heterocycles. The van der Waals surface area contributed by atoms with E-state index in [1.54, 1.807) is 30.3 Å². The zero-order valence-corrected chi connectivity index (χ0v) is 10.7. The first-order chi connectivity index (χ1) is 8.61. The van der Waals surface area contributed by atoms with Crippen molar-refractivity contribution in [3.05, 3.63) is 59.7 Å². The Bertz CT molecular complexity index is 574. The summed E-state index contributed by atoms with van der Waals surface area (Å²) in [5.41, 5.74) is 1.74. The third kappa shape index (κ3) is 2.45. The van der Waals surface area contributed by atoms with Gasteiger partial charge < -0.3 is 0 Å². The Labute approximate surface area is 114 Å². The van der Waals surface area contributed by atoms with Gasteiger partial charge in [-0.3, -0.25) is 9.59 Å². The quantitative estimate of drug-likeness (QED) is 0.792. The minimum Gasteiger partial charge on any atom is -0.276 e. The highest BCUT2D eigenvalue weighted by Gasteiger charge is 2.17. The fourth-order valence-electron chi connectivity index (χ4n) is 1.80. The van der Waals surface area contributed by atoms with Crippen molar-refractivity contribution in [1.82, 2.24) is 0 Å². The molecule has 0 aliphatic rings. The maximum Gasteiger partial charge on any atom is 0.253 e. The van der Waals surface area contributed by atoms with Crippen LogP contribution < -0.4 is 0 Å². The summed E-state index contributed by atoms with van der Waals surface area (Å²) in [6, 6.07) is 13.8. The Morgan fingerprint density at radius 3 is 1.67 bits per heavy atom. The zero-order chi connectivity index (χ0) is 13.1. The van der Waals surface area contributed by atoms with Crippen LogP contribution in [0.1, 0.15) is 20.7 Å². The Hall–Kier alpha value is -1.64. The van der Waals surface area contributed by atoms with Crippen molar-refractivity contribution in [2.75, 3.05) is 0 Å². The molecule has 2 nitrogen and oxygen atoms in total. The maximum atomic E-state index is 11.4. The van der Waals surface area contributed by atoms with Crippen molar-refractivity contribution < 1.29 is 9.59 Å². The first kappa shape index (κ1) is 12.8. The van der Waals surface area contributed by atoms with E-state index in [1.807, 2.05) is 18.2 Å². The Morgan fingerprint density at radius 1 is 0.722 bits per heavy atom. The second-order valence-electron chi connectivity index (χ2n) is 3.64. The smallest absolute Gasteiger partial charge is 0.253 e. The normalized spacial score (nSPS) is 10.1. The fraction of sp³-hybridized carbons (Fsp3) is 0. The molecule has 0 aromatic heterocycles. The van der Waals surface area contributed by atoms with Gasteiger partial charge in [0.2, 0.25) is 0 Å². The van der Waals surface area contributed by atoms with Crippen LogP contribution >= 0.6 is 23.2 Å². The molecule has 0 fully saturated rings. The molecule has 0 saturated carbocycles. The van der Waals surface area contributed by atoms with E-state index in [9.17, 15) is 9.59 Å². The number of benzene rings is 2. The lowest BCUT2D eigenvalue weighted by Gasteiger charge is -2.10. The molecule has 0 atom stereocenters. The third-order valence-corrected chi connectivity index (χ3v) is 2.96. The minimum absolute atomic E-state index is 0.273. The topological polar surface area (TPSA) is 34.1 Å². The van der Waals surface area contributed by atoms with Gasteiger partial charge in [0.25, 0.3) is 10.5 Å². The molecular weight excluding hydrogens is 271 g/mol. The van der Waals surface area contributed by atoms with Crippen LogP contribution in [0.3, 0.4) is 0 Å². The number of rotatable bonds is 3. The molecule has 0 bridgehead atoms. The Morgan fingerprint density at radius 2 is 1.22 bits per heavy atom. The second kappa shape index (κ2) is 5.34. The largest absolute Gasteiger partial charge is 0.276 e. The highest BCUT2D eigenvalue weighted by atomic mass is 35.5. The van der Waals surface area contributed by atoms with Gasteiger partial charge in [-0.2, -0.15) is 0 Å². The lowest BCUT2D eigenvalue weighted by atomic mass is 9.95. The average molecular weight is 279 g/mol. The van der Waals surface area contributed by atoms with E-state index in [2.05, 4.69) is 0 Å². The van der Waals surface area contributed by atoms with Gasteiger partial charge in [-0.1, -0.05) is 36.4 Å². The molecular formula is C14H8Cl2O2. The van der Waals surface area contributed by atoms with Gasteiger partial charge >= 0.3 is 0 Å². The summed E-state index contributed by atoms with van der Waals surface area (Å²) in [6.45, 7) is 0. The summed E-state index contributed by atoms with van der Waals surface area (Å²) in [5.74, 6) is 0. The van der Waals surface area contributed by atoms with E-state index < -0.39 is 10.5 Å². The molecule has 90 valence electrons. The molecule has 0 spiro atoms. The van der Waals surface area contributed by atoms with Gasteiger partial charge in [-0.15, -0.1) is 0 Å². The summed E-state index contributed by atoms with van der Waals surface area (Å²) in [4.78, 5) is 22.9. The van der Waals surface area contributed by atoms with Crippen molar-refractivity contribution >= 4 is 33.7 Å². The highest BCUT2D eigenvalue weighted by molar-refractivity contribution is 6.70. The summed E-state index contributed by atoms with van der Waals surface area (Å²) in [7, 11) is 0. The van der Waals surface area contributed by atoms with Gasteiger partial charge in [0.1, 0.15) is 0 Å². The lowest BCUT2D eigenvalue weighted by molar-refractivity contribution is 0.108. The van der Waals surface area contributed by atoms with Crippen LogP contribution in [0.15, 0.2) is 48.5 Å². The van der Waals surface area contributed by atoms with Crippen LogP contribution in [-0.2, 0) is 0 Å². The maximum absolute atomic E-state index is 11.4. The van der Waals surface area contributed by atoms with E-state index in [0.717, 1.165) is 5.56 Å². The predicted molar refractivity (Wildman–Crippen MR) is 72.2 cm³/mol. The van der Waals surface area contributed by atoms with E-state index >= 15 is 0 Å². The molecule has 0 saturated heterocycles. The molecule has 2 aromatic carbocycles. The van der Waals surface area contributed by atoms with E-state index in [0.29, 0.717) is 5.56 Å². The van der Waals surface area contributed by atoms with E-state index in [1.165, 1.54) is 0 Å². The Balaban J connectivity index is 2.77. The lowest BCUT2D eigenvalue weighted by Crippen LogP contribution is -2.01. The van der Waals surface area contributed by atoms with Crippen molar-refractivity contribution in [2.45, 2.75) is 0 Å². The second-order valence-corrected chi connectivity index (χ2v) is 4.33. The van der Waals surface area contributed by atoms with Crippen molar-refractivity contribution in [3.63, 3.8) is 0 Å². The molecule has 0 radical (unpaired) electrons. The molecule has 0 amide bonds. The molecule has 2 aromatic rings.